The molecular formula is C20H32ClN3O2. The summed E-state index contributed by atoms with van der Waals surface area (Å²) in [4.78, 5) is 26.9. The first-order valence-electron chi connectivity index (χ1n) is 9.48. The van der Waals surface area contributed by atoms with E-state index in [1.54, 1.807) is 12.1 Å². The lowest BCUT2D eigenvalue weighted by atomic mass is 9.92. The predicted octanol–water partition coefficient (Wildman–Crippen LogP) is 3.70. The minimum atomic E-state index is 0. The van der Waals surface area contributed by atoms with Crippen LogP contribution in [-0.2, 0) is 4.79 Å². The number of amides is 2. The van der Waals surface area contributed by atoms with Crippen LogP contribution in [-0.4, -0.2) is 42.4 Å². The van der Waals surface area contributed by atoms with Crippen LogP contribution in [0.5, 0.6) is 0 Å². The molecule has 1 fully saturated rings. The molecule has 2 atom stereocenters. The second-order valence-corrected chi connectivity index (χ2v) is 6.94. The molecule has 1 aliphatic heterocycles. The Bertz CT molecular complexity index is 571. The summed E-state index contributed by atoms with van der Waals surface area (Å²) in [5, 5.41) is 6.35. The molecule has 2 N–H and O–H groups in total. The summed E-state index contributed by atoms with van der Waals surface area (Å²) < 4.78 is 0. The van der Waals surface area contributed by atoms with Gasteiger partial charge in [0.2, 0.25) is 5.91 Å². The van der Waals surface area contributed by atoms with E-state index < -0.39 is 0 Å². The molecule has 1 aromatic rings. The molecule has 1 aromatic carbocycles. The molecule has 6 heteroatoms. The third kappa shape index (κ3) is 6.29. The smallest absolute Gasteiger partial charge is 0.253 e. The van der Waals surface area contributed by atoms with Gasteiger partial charge in [0, 0.05) is 36.3 Å². The maximum Gasteiger partial charge on any atom is 0.253 e. The minimum absolute atomic E-state index is 0. The molecule has 2 amide bonds. The third-order valence-electron chi connectivity index (χ3n) is 4.67. The van der Waals surface area contributed by atoms with Crippen molar-refractivity contribution in [1.29, 1.82) is 0 Å². The zero-order valence-electron chi connectivity index (χ0n) is 16.1. The largest absolute Gasteiger partial charge is 0.339 e. The summed E-state index contributed by atoms with van der Waals surface area (Å²) in [6.45, 7) is 8.71. The monoisotopic (exact) mass is 381 g/mol. The molecule has 0 unspecified atom stereocenters. The van der Waals surface area contributed by atoms with Gasteiger partial charge in [-0.3, -0.25) is 9.59 Å². The highest BCUT2D eigenvalue weighted by atomic mass is 35.5. The summed E-state index contributed by atoms with van der Waals surface area (Å²) in [6, 6.07) is 7.65. The fourth-order valence-electron chi connectivity index (χ4n) is 3.35. The number of nitrogens with zero attached hydrogens (tertiary/aromatic N) is 1. The Morgan fingerprint density at radius 3 is 2.31 bits per heavy atom. The van der Waals surface area contributed by atoms with E-state index in [0.717, 1.165) is 51.0 Å². The Morgan fingerprint density at radius 2 is 1.77 bits per heavy atom. The summed E-state index contributed by atoms with van der Waals surface area (Å²) in [7, 11) is 0. The van der Waals surface area contributed by atoms with Crippen molar-refractivity contribution in [3.05, 3.63) is 29.8 Å². The Morgan fingerprint density at radius 1 is 1.15 bits per heavy atom. The molecule has 0 spiro atoms. The van der Waals surface area contributed by atoms with Gasteiger partial charge < -0.3 is 15.5 Å². The van der Waals surface area contributed by atoms with Crippen molar-refractivity contribution in [2.75, 3.05) is 25.0 Å². The topological polar surface area (TPSA) is 61.4 Å². The molecule has 5 nitrogen and oxygen atoms in total. The number of anilines is 1. The van der Waals surface area contributed by atoms with Gasteiger partial charge in [-0.1, -0.05) is 13.8 Å². The quantitative estimate of drug-likeness (QED) is 0.757. The van der Waals surface area contributed by atoms with Gasteiger partial charge >= 0.3 is 0 Å². The van der Waals surface area contributed by atoms with Crippen molar-refractivity contribution in [3.8, 4) is 0 Å². The Labute approximate surface area is 163 Å². The maximum absolute atomic E-state index is 12.6. The molecular weight excluding hydrogens is 350 g/mol. The lowest BCUT2D eigenvalue weighted by Crippen LogP contribution is -2.40. The third-order valence-corrected chi connectivity index (χ3v) is 4.67. The lowest BCUT2D eigenvalue weighted by molar-refractivity contribution is -0.120. The summed E-state index contributed by atoms with van der Waals surface area (Å²) in [5.74, 6) is 0.196. The van der Waals surface area contributed by atoms with Gasteiger partial charge in [0.25, 0.3) is 5.91 Å². The standard InChI is InChI=1S/C20H31N3O2.ClH/c1-4-12-23(13-5-2)20(25)16-6-8-18(9-7-16)22-19(24)17-10-11-21-15(3)14-17;/h6-9,15,17,21H,4-5,10-14H2,1-3H3,(H,22,24);1H/t15-,17-;/m0./s1. The number of rotatable bonds is 7. The normalized spacial score (nSPS) is 19.3. The second kappa shape index (κ2) is 11.2. The number of halogens is 1. The molecule has 0 radical (unpaired) electrons. The van der Waals surface area contributed by atoms with E-state index in [1.165, 1.54) is 0 Å². The van der Waals surface area contributed by atoms with Crippen LogP contribution in [0.2, 0.25) is 0 Å². The first kappa shape index (κ1) is 22.5. The molecule has 146 valence electrons. The fraction of sp³-hybridized carbons (Fsp3) is 0.600. The van der Waals surface area contributed by atoms with Crippen LogP contribution < -0.4 is 10.6 Å². The Balaban J connectivity index is 0.00000338. The van der Waals surface area contributed by atoms with Crippen LogP contribution in [0, 0.1) is 5.92 Å². The average molecular weight is 382 g/mol. The van der Waals surface area contributed by atoms with Gasteiger partial charge in [-0.25, -0.2) is 0 Å². The highest BCUT2D eigenvalue weighted by Crippen LogP contribution is 2.19. The van der Waals surface area contributed by atoms with Gasteiger partial charge in [-0.2, -0.15) is 0 Å². The number of piperidine rings is 1. The highest BCUT2D eigenvalue weighted by molar-refractivity contribution is 5.96. The van der Waals surface area contributed by atoms with Gasteiger partial charge in [-0.05, 0) is 63.4 Å². The number of nitrogens with one attached hydrogen (secondary N) is 2. The minimum Gasteiger partial charge on any atom is -0.339 e. The van der Waals surface area contributed by atoms with Crippen LogP contribution in [0.4, 0.5) is 5.69 Å². The molecule has 1 saturated heterocycles. The van der Waals surface area contributed by atoms with Crippen LogP contribution in [0.1, 0.15) is 56.8 Å². The molecule has 1 aliphatic rings. The Hall–Kier alpha value is -1.59. The number of carbonyl (C=O) groups is 2. The van der Waals surface area contributed by atoms with Gasteiger partial charge in [0.1, 0.15) is 0 Å². The average Bonchev–Trinajstić information content (AvgIpc) is 2.61. The fourth-order valence-corrected chi connectivity index (χ4v) is 3.35. The number of carbonyl (C=O) groups excluding carboxylic acids is 2. The maximum atomic E-state index is 12.6. The van der Waals surface area contributed by atoms with Crippen molar-refractivity contribution in [3.63, 3.8) is 0 Å². The van der Waals surface area contributed by atoms with Gasteiger partial charge in [-0.15, -0.1) is 12.4 Å². The predicted molar refractivity (Wildman–Crippen MR) is 109 cm³/mol. The van der Waals surface area contributed by atoms with E-state index in [-0.39, 0.29) is 30.1 Å². The van der Waals surface area contributed by atoms with E-state index in [1.807, 2.05) is 17.0 Å². The van der Waals surface area contributed by atoms with E-state index in [2.05, 4.69) is 31.4 Å². The summed E-state index contributed by atoms with van der Waals surface area (Å²) in [5.41, 5.74) is 1.43. The molecule has 0 aliphatic carbocycles. The lowest BCUT2D eigenvalue weighted by Gasteiger charge is -2.27. The molecule has 0 aromatic heterocycles. The summed E-state index contributed by atoms with van der Waals surface area (Å²) >= 11 is 0. The number of hydrogen-bond acceptors (Lipinski definition) is 3. The van der Waals surface area contributed by atoms with Crippen LogP contribution >= 0.6 is 12.4 Å². The molecule has 0 bridgehead atoms. The van der Waals surface area contributed by atoms with E-state index in [9.17, 15) is 9.59 Å². The van der Waals surface area contributed by atoms with E-state index >= 15 is 0 Å². The van der Waals surface area contributed by atoms with E-state index in [0.29, 0.717) is 11.6 Å². The van der Waals surface area contributed by atoms with Gasteiger partial charge in [0.05, 0.1) is 0 Å². The second-order valence-electron chi connectivity index (χ2n) is 6.94. The van der Waals surface area contributed by atoms with Crippen molar-refractivity contribution >= 4 is 29.9 Å². The van der Waals surface area contributed by atoms with E-state index in [4.69, 9.17) is 0 Å². The Kier molecular flexibility index (Phi) is 9.66. The molecule has 26 heavy (non-hydrogen) atoms. The van der Waals surface area contributed by atoms with Gasteiger partial charge in [0.15, 0.2) is 0 Å². The first-order chi connectivity index (χ1) is 12.0. The zero-order valence-corrected chi connectivity index (χ0v) is 16.9. The number of benzene rings is 1. The van der Waals surface area contributed by atoms with Crippen molar-refractivity contribution in [2.24, 2.45) is 5.92 Å². The summed E-state index contributed by atoms with van der Waals surface area (Å²) in [6.07, 6.45) is 3.64. The first-order valence-corrected chi connectivity index (χ1v) is 9.48. The van der Waals surface area contributed by atoms with Crippen molar-refractivity contribution < 1.29 is 9.59 Å². The zero-order chi connectivity index (χ0) is 18.2. The SMILES string of the molecule is CCCN(CCC)C(=O)c1ccc(NC(=O)[C@H]2CCN[C@@H](C)C2)cc1.Cl. The van der Waals surface area contributed by atoms with Crippen molar-refractivity contribution in [2.45, 2.75) is 52.5 Å². The number of hydrogen-bond donors (Lipinski definition) is 2. The molecule has 0 saturated carbocycles. The van der Waals surface area contributed by atoms with Crippen molar-refractivity contribution in [1.82, 2.24) is 10.2 Å². The molecule has 1 heterocycles. The van der Waals surface area contributed by atoms with Crippen LogP contribution in [0.15, 0.2) is 24.3 Å². The highest BCUT2D eigenvalue weighted by Gasteiger charge is 2.24. The van der Waals surface area contributed by atoms with Crippen LogP contribution in [0.25, 0.3) is 0 Å². The van der Waals surface area contributed by atoms with Crippen LogP contribution in [0.3, 0.4) is 0 Å². The molecule has 2 rings (SSSR count).